The van der Waals surface area contributed by atoms with Gasteiger partial charge in [0, 0.05) is 6.54 Å². The topological polar surface area (TPSA) is 108 Å². The van der Waals surface area contributed by atoms with E-state index in [1.807, 2.05) is 24.3 Å². The van der Waals surface area contributed by atoms with Crippen LogP contribution in [0.1, 0.15) is 37.3 Å². The standard InChI is InChI=1S/C19H24N4O4/c1-2-20-15(24)11-21-16(25)12-23-17(26)19(22-18(23)27)10-6-5-8-13-7-3-4-9-14(13)19/h3-4,7,9H,2,5-6,8,10-12H2,1H3,(H,20,24)(H,21,25)(H,22,27)/t19-/m0/s1. The number of rotatable bonds is 5. The quantitative estimate of drug-likeness (QED) is 0.651. The minimum Gasteiger partial charge on any atom is -0.355 e. The number of aryl methyl sites for hydroxylation is 1. The summed E-state index contributed by atoms with van der Waals surface area (Å²) in [6.07, 6.45) is 3.10. The van der Waals surface area contributed by atoms with Crippen molar-refractivity contribution in [1.29, 1.82) is 0 Å². The van der Waals surface area contributed by atoms with E-state index < -0.39 is 29.9 Å². The van der Waals surface area contributed by atoms with Crippen molar-refractivity contribution >= 4 is 23.8 Å². The monoisotopic (exact) mass is 372 g/mol. The molecule has 0 aromatic heterocycles. The number of likely N-dealkylation sites (N-methyl/N-ethyl adjacent to an activating group) is 1. The molecular formula is C19H24N4O4. The molecule has 8 heteroatoms. The molecule has 1 atom stereocenters. The number of nitrogens with zero attached hydrogens (tertiary/aromatic N) is 1. The van der Waals surface area contributed by atoms with Gasteiger partial charge in [-0.15, -0.1) is 0 Å². The number of amides is 5. The predicted octanol–water partition coefficient (Wildman–Crippen LogP) is 0.412. The highest BCUT2D eigenvalue weighted by Crippen LogP contribution is 2.38. The molecule has 1 fully saturated rings. The van der Waals surface area contributed by atoms with Crippen LogP contribution in [0.2, 0.25) is 0 Å². The molecule has 1 aliphatic heterocycles. The van der Waals surface area contributed by atoms with Crippen molar-refractivity contribution in [3.8, 4) is 0 Å². The molecule has 27 heavy (non-hydrogen) atoms. The number of imide groups is 1. The molecule has 2 aliphatic rings. The number of benzene rings is 1. The lowest BCUT2D eigenvalue weighted by Gasteiger charge is -2.27. The minimum atomic E-state index is -1.11. The SMILES string of the molecule is CCNC(=O)CNC(=O)CN1C(=O)N[C@]2(CCCCc3ccccc32)C1=O. The molecule has 5 amide bonds. The van der Waals surface area contributed by atoms with Crippen LogP contribution in [0, 0.1) is 0 Å². The van der Waals surface area contributed by atoms with Gasteiger partial charge in [0.05, 0.1) is 6.54 Å². The van der Waals surface area contributed by atoms with Gasteiger partial charge in [-0.1, -0.05) is 24.3 Å². The number of nitrogens with one attached hydrogen (secondary N) is 3. The molecule has 1 heterocycles. The Morgan fingerprint density at radius 2 is 1.93 bits per heavy atom. The van der Waals surface area contributed by atoms with E-state index in [0.717, 1.165) is 35.3 Å². The van der Waals surface area contributed by atoms with Crippen molar-refractivity contribution in [1.82, 2.24) is 20.9 Å². The van der Waals surface area contributed by atoms with Crippen molar-refractivity contribution in [3.05, 3.63) is 35.4 Å². The normalized spacial score (nSPS) is 21.4. The fourth-order valence-electron chi connectivity index (χ4n) is 3.75. The zero-order chi connectivity index (χ0) is 19.4. The maximum Gasteiger partial charge on any atom is 0.325 e. The van der Waals surface area contributed by atoms with Crippen LogP contribution in [-0.2, 0) is 26.3 Å². The lowest BCUT2D eigenvalue weighted by molar-refractivity contribution is -0.135. The summed E-state index contributed by atoms with van der Waals surface area (Å²) in [4.78, 5) is 50.2. The Balaban J connectivity index is 1.75. The molecule has 3 rings (SSSR count). The van der Waals surface area contributed by atoms with Gasteiger partial charge in [0.15, 0.2) is 0 Å². The van der Waals surface area contributed by atoms with Crippen LogP contribution < -0.4 is 16.0 Å². The van der Waals surface area contributed by atoms with Crippen molar-refractivity contribution < 1.29 is 19.2 Å². The average molecular weight is 372 g/mol. The summed E-state index contributed by atoms with van der Waals surface area (Å²) in [6, 6.07) is 7.05. The number of carbonyl (C=O) groups is 4. The first kappa shape index (κ1) is 18.9. The number of hydrogen-bond donors (Lipinski definition) is 3. The number of urea groups is 1. The summed E-state index contributed by atoms with van der Waals surface area (Å²) in [5.41, 5.74) is 0.751. The van der Waals surface area contributed by atoms with E-state index in [-0.39, 0.29) is 12.5 Å². The van der Waals surface area contributed by atoms with E-state index >= 15 is 0 Å². The molecule has 0 unspecified atom stereocenters. The van der Waals surface area contributed by atoms with Gasteiger partial charge >= 0.3 is 6.03 Å². The van der Waals surface area contributed by atoms with Crippen LogP contribution in [0.25, 0.3) is 0 Å². The van der Waals surface area contributed by atoms with E-state index in [9.17, 15) is 19.2 Å². The molecule has 0 saturated carbocycles. The van der Waals surface area contributed by atoms with Crippen LogP contribution in [0.4, 0.5) is 4.79 Å². The number of carbonyl (C=O) groups excluding carboxylic acids is 4. The zero-order valence-corrected chi connectivity index (χ0v) is 15.3. The summed E-state index contributed by atoms with van der Waals surface area (Å²) >= 11 is 0. The summed E-state index contributed by atoms with van der Waals surface area (Å²) in [6.45, 7) is 1.64. The molecule has 1 saturated heterocycles. The van der Waals surface area contributed by atoms with Gasteiger partial charge in [-0.25, -0.2) is 4.79 Å². The second-order valence-corrected chi connectivity index (χ2v) is 6.82. The third kappa shape index (κ3) is 3.65. The van der Waals surface area contributed by atoms with Crippen molar-refractivity contribution in [3.63, 3.8) is 0 Å². The average Bonchev–Trinajstić information content (AvgIpc) is 2.80. The van der Waals surface area contributed by atoms with Gasteiger partial charge in [0.25, 0.3) is 5.91 Å². The molecular weight excluding hydrogens is 348 g/mol. The Labute approximate surface area is 157 Å². The summed E-state index contributed by atoms with van der Waals surface area (Å²) in [7, 11) is 0. The molecule has 1 aromatic carbocycles. The molecule has 1 spiro atoms. The highest BCUT2D eigenvalue weighted by atomic mass is 16.2. The van der Waals surface area contributed by atoms with Crippen LogP contribution in [-0.4, -0.2) is 48.3 Å². The fraction of sp³-hybridized carbons (Fsp3) is 0.474. The molecule has 8 nitrogen and oxygen atoms in total. The highest BCUT2D eigenvalue weighted by molar-refractivity contribution is 6.09. The van der Waals surface area contributed by atoms with Crippen molar-refractivity contribution in [2.24, 2.45) is 0 Å². The predicted molar refractivity (Wildman–Crippen MR) is 97.6 cm³/mol. The molecule has 0 radical (unpaired) electrons. The smallest absolute Gasteiger partial charge is 0.325 e. The van der Waals surface area contributed by atoms with Gasteiger partial charge in [-0.3, -0.25) is 19.3 Å². The van der Waals surface area contributed by atoms with E-state index in [1.165, 1.54) is 0 Å². The largest absolute Gasteiger partial charge is 0.355 e. The van der Waals surface area contributed by atoms with E-state index in [4.69, 9.17) is 0 Å². The van der Waals surface area contributed by atoms with Gasteiger partial charge in [0.1, 0.15) is 12.1 Å². The van der Waals surface area contributed by atoms with E-state index in [2.05, 4.69) is 16.0 Å². The molecule has 1 aliphatic carbocycles. The first-order valence-electron chi connectivity index (χ1n) is 9.24. The van der Waals surface area contributed by atoms with Crippen LogP contribution in [0.5, 0.6) is 0 Å². The Morgan fingerprint density at radius 1 is 1.15 bits per heavy atom. The fourth-order valence-corrected chi connectivity index (χ4v) is 3.75. The van der Waals surface area contributed by atoms with Gasteiger partial charge in [-0.2, -0.15) is 0 Å². The Morgan fingerprint density at radius 3 is 2.70 bits per heavy atom. The summed E-state index contributed by atoms with van der Waals surface area (Å²) < 4.78 is 0. The van der Waals surface area contributed by atoms with Crippen molar-refractivity contribution in [2.75, 3.05) is 19.6 Å². The zero-order valence-electron chi connectivity index (χ0n) is 15.3. The van der Waals surface area contributed by atoms with Gasteiger partial charge in [-0.05, 0) is 43.7 Å². The lowest BCUT2D eigenvalue weighted by Crippen LogP contribution is -2.46. The second kappa shape index (κ2) is 7.77. The van der Waals surface area contributed by atoms with Gasteiger partial charge < -0.3 is 16.0 Å². The first-order chi connectivity index (χ1) is 13.0. The van der Waals surface area contributed by atoms with Gasteiger partial charge in [0.2, 0.25) is 11.8 Å². The Hall–Kier alpha value is -2.90. The van der Waals surface area contributed by atoms with Crippen molar-refractivity contribution in [2.45, 2.75) is 38.1 Å². The van der Waals surface area contributed by atoms with Crippen LogP contribution in [0.15, 0.2) is 24.3 Å². The first-order valence-corrected chi connectivity index (χ1v) is 9.24. The molecule has 1 aromatic rings. The maximum atomic E-state index is 13.2. The maximum absolute atomic E-state index is 13.2. The Kier molecular flexibility index (Phi) is 5.43. The van der Waals surface area contributed by atoms with E-state index in [1.54, 1.807) is 6.92 Å². The van der Waals surface area contributed by atoms with Crippen LogP contribution >= 0.6 is 0 Å². The number of hydrogen-bond acceptors (Lipinski definition) is 4. The lowest BCUT2D eigenvalue weighted by atomic mass is 9.84. The molecule has 144 valence electrons. The highest BCUT2D eigenvalue weighted by Gasteiger charge is 2.53. The number of fused-ring (bicyclic) bond motifs is 2. The molecule has 0 bridgehead atoms. The van der Waals surface area contributed by atoms with Crippen LogP contribution in [0.3, 0.4) is 0 Å². The molecule has 3 N–H and O–H groups in total. The summed E-state index contributed by atoms with van der Waals surface area (Å²) in [5, 5.41) is 7.83. The minimum absolute atomic E-state index is 0.190. The second-order valence-electron chi connectivity index (χ2n) is 6.82. The summed E-state index contributed by atoms with van der Waals surface area (Å²) in [5.74, 6) is -1.28. The third-order valence-electron chi connectivity index (χ3n) is 5.02. The van der Waals surface area contributed by atoms with E-state index in [0.29, 0.717) is 13.0 Å². The Bertz CT molecular complexity index is 779. The third-order valence-corrected chi connectivity index (χ3v) is 5.02.